The highest BCUT2D eigenvalue weighted by Gasteiger charge is 2.24. The molecule has 1 amide bonds. The third-order valence-corrected chi connectivity index (χ3v) is 4.82. The fourth-order valence-corrected chi connectivity index (χ4v) is 3.14. The number of hydrogen-bond donors (Lipinski definition) is 1. The second kappa shape index (κ2) is 6.41. The molecule has 0 saturated carbocycles. The van der Waals surface area contributed by atoms with Crippen molar-refractivity contribution in [2.24, 2.45) is 0 Å². The van der Waals surface area contributed by atoms with E-state index in [0.29, 0.717) is 10.7 Å². The standard InChI is InChI=1S/C13H23N5OS/c1-4-17(3)13-15-11(14)10(20-13)12(19)18-7-5-6-16(2)8-9-18/h4-9,14H2,1-3H3. The zero-order valence-electron chi connectivity index (χ0n) is 12.4. The molecule has 7 heteroatoms. The predicted molar refractivity (Wildman–Crippen MR) is 83.5 cm³/mol. The second-order valence-electron chi connectivity index (χ2n) is 5.17. The van der Waals surface area contributed by atoms with Crippen LogP contribution in [0, 0.1) is 0 Å². The molecule has 112 valence electrons. The molecule has 2 rings (SSSR count). The van der Waals surface area contributed by atoms with Crippen LogP contribution in [-0.2, 0) is 0 Å². The Kier molecular flexibility index (Phi) is 4.82. The number of thiazole rings is 1. The minimum Gasteiger partial charge on any atom is -0.382 e. The Hall–Kier alpha value is -1.34. The van der Waals surface area contributed by atoms with Crippen molar-refractivity contribution in [3.63, 3.8) is 0 Å². The van der Waals surface area contributed by atoms with Crippen molar-refractivity contribution in [2.45, 2.75) is 13.3 Å². The van der Waals surface area contributed by atoms with Gasteiger partial charge in [0.05, 0.1) is 0 Å². The van der Waals surface area contributed by atoms with Crippen molar-refractivity contribution < 1.29 is 4.79 Å². The highest BCUT2D eigenvalue weighted by Crippen LogP contribution is 2.28. The molecule has 1 saturated heterocycles. The summed E-state index contributed by atoms with van der Waals surface area (Å²) in [6.07, 6.45) is 1.00. The molecule has 1 aliphatic rings. The lowest BCUT2D eigenvalue weighted by atomic mass is 10.3. The van der Waals surface area contributed by atoms with Crippen LogP contribution >= 0.6 is 11.3 Å². The van der Waals surface area contributed by atoms with Crippen LogP contribution < -0.4 is 10.6 Å². The van der Waals surface area contributed by atoms with E-state index in [2.05, 4.69) is 16.9 Å². The maximum Gasteiger partial charge on any atom is 0.267 e. The first kappa shape index (κ1) is 15.1. The SMILES string of the molecule is CCN(C)c1nc(N)c(C(=O)N2CCCN(C)CC2)s1. The summed E-state index contributed by atoms with van der Waals surface area (Å²) >= 11 is 1.39. The number of rotatable bonds is 3. The van der Waals surface area contributed by atoms with E-state index in [1.165, 1.54) is 11.3 Å². The van der Waals surface area contributed by atoms with Crippen LogP contribution in [-0.4, -0.2) is 67.5 Å². The smallest absolute Gasteiger partial charge is 0.267 e. The summed E-state index contributed by atoms with van der Waals surface area (Å²) in [5.74, 6) is 0.374. The average molecular weight is 297 g/mol. The quantitative estimate of drug-likeness (QED) is 0.900. The van der Waals surface area contributed by atoms with Crippen LogP contribution in [0.5, 0.6) is 0 Å². The fourth-order valence-electron chi connectivity index (χ4n) is 2.17. The number of hydrogen-bond acceptors (Lipinski definition) is 6. The maximum atomic E-state index is 12.6. The van der Waals surface area contributed by atoms with Crippen molar-refractivity contribution >= 4 is 28.2 Å². The highest BCUT2D eigenvalue weighted by atomic mass is 32.1. The van der Waals surface area contributed by atoms with Gasteiger partial charge < -0.3 is 20.4 Å². The Bertz CT molecular complexity index is 475. The number of likely N-dealkylation sites (N-methyl/N-ethyl adjacent to an activating group) is 1. The first-order valence-corrected chi connectivity index (χ1v) is 7.79. The number of amides is 1. The third-order valence-electron chi connectivity index (χ3n) is 3.64. The number of nitrogen functional groups attached to an aromatic ring is 1. The molecule has 0 spiro atoms. The van der Waals surface area contributed by atoms with E-state index in [9.17, 15) is 4.79 Å². The van der Waals surface area contributed by atoms with Gasteiger partial charge in [-0.1, -0.05) is 11.3 Å². The van der Waals surface area contributed by atoms with Crippen molar-refractivity contribution in [1.29, 1.82) is 0 Å². The molecule has 0 aromatic carbocycles. The van der Waals surface area contributed by atoms with Gasteiger partial charge in [0.15, 0.2) is 5.13 Å². The van der Waals surface area contributed by atoms with Gasteiger partial charge in [0.25, 0.3) is 5.91 Å². The molecule has 1 fully saturated rings. The molecule has 1 aromatic heterocycles. The summed E-state index contributed by atoms with van der Waals surface area (Å²) in [4.78, 5) is 23.6. The van der Waals surface area contributed by atoms with Gasteiger partial charge in [-0.25, -0.2) is 4.98 Å². The largest absolute Gasteiger partial charge is 0.382 e. The topological polar surface area (TPSA) is 65.7 Å². The summed E-state index contributed by atoms with van der Waals surface area (Å²) in [6.45, 7) is 6.38. The Labute approximate surface area is 124 Å². The van der Waals surface area contributed by atoms with E-state index in [0.717, 1.165) is 44.3 Å². The normalized spacial score (nSPS) is 17.1. The summed E-state index contributed by atoms with van der Waals surface area (Å²) in [5.41, 5.74) is 5.92. The van der Waals surface area contributed by atoms with Gasteiger partial charge in [0, 0.05) is 33.2 Å². The number of nitrogens with zero attached hydrogens (tertiary/aromatic N) is 4. The molecule has 20 heavy (non-hydrogen) atoms. The van der Waals surface area contributed by atoms with Crippen molar-refractivity contribution in [2.75, 3.05) is 57.5 Å². The summed E-state index contributed by atoms with van der Waals surface area (Å²) in [5, 5.41) is 0.806. The Morgan fingerprint density at radius 2 is 2.15 bits per heavy atom. The van der Waals surface area contributed by atoms with Gasteiger partial charge in [-0.3, -0.25) is 4.79 Å². The van der Waals surface area contributed by atoms with Gasteiger partial charge in [-0.2, -0.15) is 0 Å². The molecule has 0 unspecified atom stereocenters. The Morgan fingerprint density at radius 1 is 1.40 bits per heavy atom. The zero-order valence-corrected chi connectivity index (χ0v) is 13.2. The first-order valence-electron chi connectivity index (χ1n) is 6.98. The molecular weight excluding hydrogens is 274 g/mol. The molecule has 1 aliphatic heterocycles. The van der Waals surface area contributed by atoms with E-state index in [1.807, 2.05) is 23.8 Å². The minimum atomic E-state index is 0.0195. The van der Waals surface area contributed by atoms with E-state index >= 15 is 0 Å². The maximum absolute atomic E-state index is 12.6. The Morgan fingerprint density at radius 3 is 2.85 bits per heavy atom. The molecule has 2 N–H and O–H groups in total. The van der Waals surface area contributed by atoms with Crippen molar-refractivity contribution in [3.05, 3.63) is 4.88 Å². The first-order chi connectivity index (χ1) is 9.52. The summed E-state index contributed by atoms with van der Waals surface area (Å²) in [7, 11) is 4.04. The third kappa shape index (κ3) is 3.21. The lowest BCUT2D eigenvalue weighted by molar-refractivity contribution is 0.0768. The van der Waals surface area contributed by atoms with Gasteiger partial charge >= 0.3 is 0 Å². The monoisotopic (exact) mass is 297 g/mol. The van der Waals surface area contributed by atoms with Gasteiger partial charge in [-0.15, -0.1) is 0 Å². The lowest BCUT2D eigenvalue weighted by Gasteiger charge is -2.19. The van der Waals surface area contributed by atoms with Crippen LogP contribution in [0.1, 0.15) is 23.0 Å². The van der Waals surface area contributed by atoms with Gasteiger partial charge in [0.2, 0.25) is 0 Å². The molecule has 0 radical (unpaired) electrons. The molecule has 2 heterocycles. The van der Waals surface area contributed by atoms with Crippen LogP contribution in [0.2, 0.25) is 0 Å². The second-order valence-corrected chi connectivity index (χ2v) is 6.15. The number of anilines is 2. The summed E-state index contributed by atoms with van der Waals surface area (Å²) < 4.78 is 0. The van der Waals surface area contributed by atoms with E-state index in [1.54, 1.807) is 0 Å². The van der Waals surface area contributed by atoms with Crippen molar-refractivity contribution in [3.8, 4) is 0 Å². The predicted octanol–water partition coefficient (Wildman–Crippen LogP) is 0.959. The van der Waals surface area contributed by atoms with Crippen LogP contribution in [0.3, 0.4) is 0 Å². The highest BCUT2D eigenvalue weighted by molar-refractivity contribution is 7.18. The van der Waals surface area contributed by atoms with Crippen molar-refractivity contribution in [1.82, 2.24) is 14.8 Å². The van der Waals surface area contributed by atoms with Gasteiger partial charge in [0.1, 0.15) is 10.7 Å². The fraction of sp³-hybridized carbons (Fsp3) is 0.692. The van der Waals surface area contributed by atoms with E-state index in [4.69, 9.17) is 5.73 Å². The van der Waals surface area contributed by atoms with Crippen LogP contribution in [0.25, 0.3) is 0 Å². The molecule has 0 atom stereocenters. The molecule has 6 nitrogen and oxygen atoms in total. The average Bonchev–Trinajstić information content (AvgIpc) is 2.69. The molecule has 1 aromatic rings. The number of carbonyl (C=O) groups excluding carboxylic acids is 1. The zero-order chi connectivity index (χ0) is 14.7. The minimum absolute atomic E-state index is 0.0195. The van der Waals surface area contributed by atoms with E-state index in [-0.39, 0.29) is 5.91 Å². The van der Waals surface area contributed by atoms with Gasteiger partial charge in [-0.05, 0) is 26.9 Å². The lowest BCUT2D eigenvalue weighted by Crippen LogP contribution is -2.34. The number of aromatic nitrogens is 1. The number of carbonyl (C=O) groups is 1. The number of nitrogens with two attached hydrogens (primary N) is 1. The summed E-state index contributed by atoms with van der Waals surface area (Å²) in [6, 6.07) is 0. The molecular formula is C13H23N5OS. The van der Waals surface area contributed by atoms with E-state index < -0.39 is 0 Å². The molecule has 0 bridgehead atoms. The van der Waals surface area contributed by atoms with Crippen LogP contribution in [0.4, 0.5) is 10.9 Å². The van der Waals surface area contributed by atoms with Crippen LogP contribution in [0.15, 0.2) is 0 Å². The Balaban J connectivity index is 2.14. The molecule has 0 aliphatic carbocycles.